The number of rotatable bonds is 4. The first-order valence-electron chi connectivity index (χ1n) is 10.6. The molecule has 0 saturated heterocycles. The first-order chi connectivity index (χ1) is 15.7. The molecule has 1 atom stereocenters. The van der Waals surface area contributed by atoms with E-state index < -0.39 is 5.97 Å². The summed E-state index contributed by atoms with van der Waals surface area (Å²) in [5.41, 5.74) is 6.60. The maximum atomic E-state index is 12.6. The average Bonchev–Trinajstić information content (AvgIpc) is 3.24. The molecule has 1 aliphatic rings. The summed E-state index contributed by atoms with van der Waals surface area (Å²) < 4.78 is 7.19. The summed E-state index contributed by atoms with van der Waals surface area (Å²) in [5.74, 6) is -0.438. The molecule has 3 heterocycles. The van der Waals surface area contributed by atoms with Gasteiger partial charge in [-0.25, -0.2) is 9.78 Å². The summed E-state index contributed by atoms with van der Waals surface area (Å²) in [6.07, 6.45) is 3.44. The summed E-state index contributed by atoms with van der Waals surface area (Å²) in [6.45, 7) is 4.04. The molecule has 2 aromatic heterocycles. The molecule has 0 saturated carbocycles. The van der Waals surface area contributed by atoms with Gasteiger partial charge >= 0.3 is 5.97 Å². The summed E-state index contributed by atoms with van der Waals surface area (Å²) in [5, 5.41) is 0. The Bertz CT molecular complexity index is 1310. The number of fused-ring (bicyclic) bond motifs is 3. The van der Waals surface area contributed by atoms with Crippen molar-refractivity contribution >= 4 is 11.7 Å². The molecular formula is C26H22N4O2. The fourth-order valence-corrected chi connectivity index (χ4v) is 4.08. The lowest BCUT2D eigenvalue weighted by atomic mass is 9.97. The van der Waals surface area contributed by atoms with Gasteiger partial charge in [-0.3, -0.25) is 14.5 Å². The average molecular weight is 422 g/mol. The van der Waals surface area contributed by atoms with Crippen molar-refractivity contribution in [1.29, 1.82) is 0 Å². The molecule has 0 spiro atoms. The van der Waals surface area contributed by atoms with Crippen LogP contribution in [-0.4, -0.2) is 32.8 Å². The lowest BCUT2D eigenvalue weighted by Gasteiger charge is -2.14. The van der Waals surface area contributed by atoms with Crippen LogP contribution in [0.2, 0.25) is 0 Å². The third-order valence-corrected chi connectivity index (χ3v) is 5.52. The molecule has 158 valence electrons. The van der Waals surface area contributed by atoms with Gasteiger partial charge in [-0.2, -0.15) is 0 Å². The van der Waals surface area contributed by atoms with Gasteiger partial charge in [0.1, 0.15) is 6.33 Å². The molecule has 6 heteroatoms. The number of pyridine rings is 1. The van der Waals surface area contributed by atoms with Crippen molar-refractivity contribution < 1.29 is 9.53 Å². The number of benzene rings is 2. The Balaban J connectivity index is 1.76. The van der Waals surface area contributed by atoms with Gasteiger partial charge in [0.15, 0.2) is 5.69 Å². The Kier molecular flexibility index (Phi) is 5.11. The SMILES string of the molecule is CCOC(=O)c1ncn2c1[C@@H](C)N=C(c1ccccn1)c1cc(-c3ccccc3)ccc1-2. The van der Waals surface area contributed by atoms with Crippen LogP contribution in [0.15, 0.2) is 84.2 Å². The van der Waals surface area contributed by atoms with Crippen LogP contribution in [-0.2, 0) is 4.74 Å². The molecule has 0 unspecified atom stereocenters. The fraction of sp³-hybridized carbons (Fsp3) is 0.154. The Morgan fingerprint density at radius 1 is 1.00 bits per heavy atom. The van der Waals surface area contributed by atoms with Gasteiger partial charge in [0, 0.05) is 11.8 Å². The summed E-state index contributed by atoms with van der Waals surface area (Å²) >= 11 is 0. The molecule has 2 aromatic carbocycles. The van der Waals surface area contributed by atoms with E-state index >= 15 is 0 Å². The molecule has 0 radical (unpaired) electrons. The number of aromatic nitrogens is 3. The summed E-state index contributed by atoms with van der Waals surface area (Å²) in [6, 6.07) is 21.9. The molecule has 5 rings (SSSR count). The lowest BCUT2D eigenvalue weighted by molar-refractivity contribution is 0.0518. The van der Waals surface area contributed by atoms with E-state index in [0.717, 1.165) is 33.8 Å². The highest BCUT2D eigenvalue weighted by molar-refractivity contribution is 6.15. The molecule has 32 heavy (non-hydrogen) atoms. The monoisotopic (exact) mass is 422 g/mol. The first-order valence-corrected chi connectivity index (χ1v) is 10.6. The van der Waals surface area contributed by atoms with Gasteiger partial charge in [-0.1, -0.05) is 42.5 Å². The van der Waals surface area contributed by atoms with Crippen molar-refractivity contribution in [3.8, 4) is 16.8 Å². The molecule has 0 fully saturated rings. The fourth-order valence-electron chi connectivity index (χ4n) is 4.08. The minimum atomic E-state index is -0.438. The number of ether oxygens (including phenoxy) is 1. The largest absolute Gasteiger partial charge is 0.461 e. The standard InChI is InChI=1S/C26H22N4O2/c1-3-32-26(31)24-25-17(2)29-23(21-11-7-8-14-27-21)20-15-19(18-9-5-4-6-10-18)12-13-22(20)30(25)16-28-24/h4-17H,3H2,1-2H3/t17-/m1/s1. The molecule has 1 aliphatic heterocycles. The zero-order valence-corrected chi connectivity index (χ0v) is 17.9. The van der Waals surface area contributed by atoms with E-state index in [4.69, 9.17) is 9.73 Å². The van der Waals surface area contributed by atoms with Gasteiger partial charge in [-0.05, 0) is 49.2 Å². The summed E-state index contributed by atoms with van der Waals surface area (Å²) in [7, 11) is 0. The zero-order valence-electron chi connectivity index (χ0n) is 17.9. The Hall–Kier alpha value is -4.06. The van der Waals surface area contributed by atoms with Gasteiger partial charge in [0.25, 0.3) is 0 Å². The van der Waals surface area contributed by atoms with Crippen molar-refractivity contribution in [3.63, 3.8) is 0 Å². The second-order valence-electron chi connectivity index (χ2n) is 7.54. The highest BCUT2D eigenvalue weighted by Crippen LogP contribution is 2.34. The zero-order chi connectivity index (χ0) is 22.1. The van der Waals surface area contributed by atoms with Crippen molar-refractivity contribution in [2.24, 2.45) is 4.99 Å². The number of carbonyl (C=O) groups is 1. The quantitative estimate of drug-likeness (QED) is 0.433. The number of hydrogen-bond donors (Lipinski definition) is 0. The molecule has 0 N–H and O–H groups in total. The van der Waals surface area contributed by atoms with Gasteiger partial charge < -0.3 is 4.74 Å². The number of carbonyl (C=O) groups excluding carboxylic acids is 1. The van der Waals surface area contributed by atoms with Crippen molar-refractivity contribution in [2.75, 3.05) is 6.61 Å². The molecule has 0 bridgehead atoms. The number of esters is 1. The van der Waals surface area contributed by atoms with Crippen molar-refractivity contribution in [3.05, 3.63) is 102 Å². The molecule has 0 aliphatic carbocycles. The third kappa shape index (κ3) is 3.39. The second-order valence-corrected chi connectivity index (χ2v) is 7.54. The highest BCUT2D eigenvalue weighted by Gasteiger charge is 2.29. The van der Waals surface area contributed by atoms with Crippen molar-refractivity contribution in [2.45, 2.75) is 19.9 Å². The minimum absolute atomic E-state index is 0.291. The van der Waals surface area contributed by atoms with E-state index in [2.05, 4.69) is 34.2 Å². The van der Waals surface area contributed by atoms with Gasteiger partial charge in [-0.15, -0.1) is 0 Å². The molecule has 0 amide bonds. The van der Waals surface area contributed by atoms with Crippen LogP contribution in [0.3, 0.4) is 0 Å². The number of aliphatic imine (C=N–C) groups is 1. The Morgan fingerprint density at radius 3 is 2.56 bits per heavy atom. The highest BCUT2D eigenvalue weighted by atomic mass is 16.5. The number of nitrogens with zero attached hydrogens (tertiary/aromatic N) is 4. The van der Waals surface area contributed by atoms with Gasteiger partial charge in [0.2, 0.25) is 0 Å². The maximum Gasteiger partial charge on any atom is 0.358 e. The van der Waals surface area contributed by atoms with Crippen LogP contribution in [0.4, 0.5) is 0 Å². The first kappa shape index (κ1) is 19.9. The predicted molar refractivity (Wildman–Crippen MR) is 123 cm³/mol. The van der Waals surface area contributed by atoms with Crippen LogP contribution in [0.5, 0.6) is 0 Å². The van der Waals surface area contributed by atoms with Crippen molar-refractivity contribution in [1.82, 2.24) is 14.5 Å². The third-order valence-electron chi connectivity index (χ3n) is 5.52. The van der Waals surface area contributed by atoms with E-state index in [9.17, 15) is 4.79 Å². The smallest absolute Gasteiger partial charge is 0.358 e. The van der Waals surface area contributed by atoms with E-state index in [1.807, 2.05) is 54.0 Å². The molecule has 4 aromatic rings. The van der Waals surface area contributed by atoms with Gasteiger partial charge in [0.05, 0.1) is 35.4 Å². The molecule has 6 nitrogen and oxygen atoms in total. The number of imidazole rings is 1. The predicted octanol–water partition coefficient (Wildman–Crippen LogP) is 5.02. The van der Waals surface area contributed by atoms with Crippen LogP contribution in [0.1, 0.15) is 47.3 Å². The Morgan fingerprint density at radius 2 is 1.81 bits per heavy atom. The van der Waals surface area contributed by atoms with E-state index in [0.29, 0.717) is 18.0 Å². The van der Waals surface area contributed by atoms with Crippen LogP contribution < -0.4 is 0 Å². The molecular weight excluding hydrogens is 400 g/mol. The summed E-state index contributed by atoms with van der Waals surface area (Å²) in [4.78, 5) is 26.6. The van der Waals surface area contributed by atoms with E-state index in [-0.39, 0.29) is 6.04 Å². The number of hydrogen-bond acceptors (Lipinski definition) is 5. The van der Waals surface area contributed by atoms with Crippen LogP contribution >= 0.6 is 0 Å². The van der Waals surface area contributed by atoms with Crippen LogP contribution in [0.25, 0.3) is 16.8 Å². The lowest BCUT2D eigenvalue weighted by Crippen LogP contribution is -2.11. The minimum Gasteiger partial charge on any atom is -0.461 e. The van der Waals surface area contributed by atoms with Crippen LogP contribution in [0, 0.1) is 0 Å². The van der Waals surface area contributed by atoms with E-state index in [1.165, 1.54) is 0 Å². The normalized spacial score (nSPS) is 14.7. The second kappa shape index (κ2) is 8.23. The topological polar surface area (TPSA) is 69.4 Å². The van der Waals surface area contributed by atoms with E-state index in [1.54, 1.807) is 19.4 Å². The Labute approximate surface area is 186 Å². The maximum absolute atomic E-state index is 12.6.